The number of halogens is 3. The van der Waals surface area contributed by atoms with Crippen LogP contribution >= 0.6 is 0 Å². The van der Waals surface area contributed by atoms with E-state index in [0.717, 1.165) is 0 Å². The van der Waals surface area contributed by atoms with E-state index in [9.17, 15) is 22.8 Å². The second kappa shape index (κ2) is 5.11. The fourth-order valence-corrected chi connectivity index (χ4v) is 1.02. The summed E-state index contributed by atoms with van der Waals surface area (Å²) < 4.78 is 41.1. The number of alkyl halides is 3. The summed E-state index contributed by atoms with van der Waals surface area (Å²) in [5.74, 6) is -3.37. The Morgan fingerprint density at radius 2 is 2.11 bits per heavy atom. The van der Waals surface area contributed by atoms with E-state index in [2.05, 4.69) is 9.73 Å². The molecular weight excluding hydrogens is 255 g/mol. The molecule has 18 heavy (non-hydrogen) atoms. The van der Waals surface area contributed by atoms with Crippen LogP contribution in [-0.4, -0.2) is 23.5 Å². The van der Waals surface area contributed by atoms with Crippen LogP contribution in [0.15, 0.2) is 16.7 Å². The monoisotopic (exact) mass is 265 g/mol. The number of amides is 1. The first-order chi connectivity index (χ1) is 8.21. The Labute approximate surface area is 99.6 Å². The van der Waals surface area contributed by atoms with Crippen LogP contribution in [0.25, 0.3) is 0 Å². The molecule has 1 aromatic rings. The van der Waals surface area contributed by atoms with Gasteiger partial charge in [0, 0.05) is 12.6 Å². The Morgan fingerprint density at radius 3 is 2.56 bits per heavy atom. The first kappa shape index (κ1) is 14.1. The Kier molecular flexibility index (Phi) is 4.00. The highest BCUT2D eigenvalue weighted by atomic mass is 19.4. The van der Waals surface area contributed by atoms with E-state index >= 15 is 0 Å². The normalized spacial score (nSPS) is 13.1. The van der Waals surface area contributed by atoms with E-state index in [4.69, 9.17) is 5.11 Å². The predicted molar refractivity (Wildman–Crippen MR) is 52.8 cm³/mol. The van der Waals surface area contributed by atoms with Gasteiger partial charge in [-0.3, -0.25) is 9.59 Å². The number of hydrogen-bond donors (Lipinski definition) is 2. The van der Waals surface area contributed by atoms with Crippen LogP contribution in [0.2, 0.25) is 0 Å². The van der Waals surface area contributed by atoms with E-state index in [1.807, 2.05) is 0 Å². The summed E-state index contributed by atoms with van der Waals surface area (Å²) in [6, 6.07) is 0.556. The van der Waals surface area contributed by atoms with Gasteiger partial charge in [0.25, 0.3) is 5.91 Å². The maximum atomic E-state index is 12.2. The fourth-order valence-electron chi connectivity index (χ4n) is 1.02. The molecule has 0 saturated heterocycles. The van der Waals surface area contributed by atoms with Crippen molar-refractivity contribution < 1.29 is 32.3 Å². The SMILES string of the molecule is CC(CNC(=O)c1cc(C(F)(F)F)co1)C(=O)O. The molecule has 1 rings (SSSR count). The van der Waals surface area contributed by atoms with Crippen molar-refractivity contribution in [1.82, 2.24) is 5.32 Å². The third-order valence-electron chi connectivity index (χ3n) is 2.14. The average Bonchev–Trinajstić information content (AvgIpc) is 2.73. The third-order valence-corrected chi connectivity index (χ3v) is 2.14. The molecule has 0 radical (unpaired) electrons. The average molecular weight is 265 g/mol. The Bertz CT molecular complexity index is 452. The van der Waals surface area contributed by atoms with Crippen molar-refractivity contribution in [2.75, 3.05) is 6.54 Å². The topological polar surface area (TPSA) is 79.5 Å². The van der Waals surface area contributed by atoms with Gasteiger partial charge in [0.1, 0.15) is 6.26 Å². The zero-order valence-electron chi connectivity index (χ0n) is 9.25. The van der Waals surface area contributed by atoms with Crippen LogP contribution in [0, 0.1) is 5.92 Å². The van der Waals surface area contributed by atoms with Crippen LogP contribution in [0.3, 0.4) is 0 Å². The summed E-state index contributed by atoms with van der Waals surface area (Å²) in [4.78, 5) is 21.8. The lowest BCUT2D eigenvalue weighted by atomic mass is 10.2. The summed E-state index contributed by atoms with van der Waals surface area (Å²) in [6.45, 7) is 1.15. The minimum Gasteiger partial charge on any atom is -0.481 e. The lowest BCUT2D eigenvalue weighted by Gasteiger charge is -2.06. The molecule has 1 unspecified atom stereocenters. The van der Waals surface area contributed by atoms with E-state index in [0.29, 0.717) is 12.3 Å². The van der Waals surface area contributed by atoms with Gasteiger partial charge in [0.05, 0.1) is 11.5 Å². The molecular formula is C10H10F3NO4. The van der Waals surface area contributed by atoms with Gasteiger partial charge < -0.3 is 14.8 Å². The summed E-state index contributed by atoms with van der Waals surface area (Å²) >= 11 is 0. The number of carbonyl (C=O) groups excluding carboxylic acids is 1. The molecule has 0 saturated carbocycles. The summed E-state index contributed by atoms with van der Waals surface area (Å²) in [5.41, 5.74) is -1.07. The number of carboxylic acid groups (broad SMARTS) is 1. The lowest BCUT2D eigenvalue weighted by molar-refractivity contribution is -0.141. The van der Waals surface area contributed by atoms with Crippen molar-refractivity contribution in [3.05, 3.63) is 23.7 Å². The third kappa shape index (κ3) is 3.51. The number of rotatable bonds is 4. The van der Waals surface area contributed by atoms with E-state index in [-0.39, 0.29) is 6.54 Å². The van der Waals surface area contributed by atoms with Gasteiger partial charge in [-0.1, -0.05) is 6.92 Å². The first-order valence-electron chi connectivity index (χ1n) is 4.88. The van der Waals surface area contributed by atoms with Crippen LogP contribution < -0.4 is 5.32 Å². The Hall–Kier alpha value is -1.99. The Morgan fingerprint density at radius 1 is 1.50 bits per heavy atom. The molecule has 0 aliphatic heterocycles. The molecule has 100 valence electrons. The molecule has 0 bridgehead atoms. The molecule has 5 nitrogen and oxygen atoms in total. The lowest BCUT2D eigenvalue weighted by Crippen LogP contribution is -2.31. The number of furan rings is 1. The summed E-state index contributed by atoms with van der Waals surface area (Å²) in [6.07, 6.45) is -4.16. The highest BCUT2D eigenvalue weighted by molar-refractivity contribution is 5.91. The largest absolute Gasteiger partial charge is 0.481 e. The minimum atomic E-state index is -4.59. The van der Waals surface area contributed by atoms with E-state index in [1.165, 1.54) is 6.92 Å². The minimum absolute atomic E-state index is 0.198. The molecule has 0 aromatic carbocycles. The highest BCUT2D eigenvalue weighted by Crippen LogP contribution is 2.30. The predicted octanol–water partition coefficient (Wildman–Crippen LogP) is 1.75. The standard InChI is InChI=1S/C10H10F3NO4/c1-5(9(16)17)3-14-8(15)7-2-6(4-18-7)10(11,12)13/h2,4-5H,3H2,1H3,(H,14,15)(H,16,17). The molecule has 0 aliphatic carbocycles. The van der Waals surface area contributed by atoms with Gasteiger partial charge in [-0.05, 0) is 0 Å². The van der Waals surface area contributed by atoms with Crippen molar-refractivity contribution in [1.29, 1.82) is 0 Å². The van der Waals surface area contributed by atoms with Gasteiger partial charge in [-0.2, -0.15) is 13.2 Å². The van der Waals surface area contributed by atoms with E-state index < -0.39 is 35.3 Å². The van der Waals surface area contributed by atoms with Gasteiger partial charge in [0.15, 0.2) is 5.76 Å². The molecule has 1 amide bonds. The smallest absolute Gasteiger partial charge is 0.419 e. The van der Waals surface area contributed by atoms with Gasteiger partial charge in [-0.15, -0.1) is 0 Å². The molecule has 0 fully saturated rings. The maximum Gasteiger partial charge on any atom is 0.419 e. The van der Waals surface area contributed by atoms with Crippen molar-refractivity contribution >= 4 is 11.9 Å². The fraction of sp³-hybridized carbons (Fsp3) is 0.400. The van der Waals surface area contributed by atoms with Crippen molar-refractivity contribution in [3.63, 3.8) is 0 Å². The van der Waals surface area contributed by atoms with Crippen LogP contribution in [0.5, 0.6) is 0 Å². The number of nitrogens with one attached hydrogen (secondary N) is 1. The van der Waals surface area contributed by atoms with Crippen LogP contribution in [0.4, 0.5) is 13.2 Å². The number of hydrogen-bond acceptors (Lipinski definition) is 3. The zero-order valence-corrected chi connectivity index (χ0v) is 9.25. The maximum absolute atomic E-state index is 12.2. The van der Waals surface area contributed by atoms with Gasteiger partial charge in [-0.25, -0.2) is 0 Å². The molecule has 0 spiro atoms. The molecule has 0 aliphatic rings. The molecule has 2 N–H and O–H groups in total. The molecule has 1 heterocycles. The summed E-state index contributed by atoms with van der Waals surface area (Å²) in [5, 5.41) is 10.7. The first-order valence-corrected chi connectivity index (χ1v) is 4.88. The van der Waals surface area contributed by atoms with Crippen molar-refractivity contribution in [2.45, 2.75) is 13.1 Å². The number of carboxylic acids is 1. The second-order valence-electron chi connectivity index (χ2n) is 3.65. The number of carbonyl (C=O) groups is 2. The molecule has 1 atom stereocenters. The van der Waals surface area contributed by atoms with E-state index in [1.54, 1.807) is 0 Å². The summed E-state index contributed by atoms with van der Waals surface area (Å²) in [7, 11) is 0. The quantitative estimate of drug-likeness (QED) is 0.869. The van der Waals surface area contributed by atoms with Crippen LogP contribution in [-0.2, 0) is 11.0 Å². The van der Waals surface area contributed by atoms with Crippen molar-refractivity contribution in [3.8, 4) is 0 Å². The van der Waals surface area contributed by atoms with Crippen LogP contribution in [0.1, 0.15) is 23.0 Å². The molecule has 8 heteroatoms. The van der Waals surface area contributed by atoms with Gasteiger partial charge >= 0.3 is 12.1 Å². The zero-order chi connectivity index (χ0) is 13.9. The highest BCUT2D eigenvalue weighted by Gasteiger charge is 2.33. The second-order valence-corrected chi connectivity index (χ2v) is 3.65. The van der Waals surface area contributed by atoms with Crippen molar-refractivity contribution in [2.24, 2.45) is 5.92 Å². The molecule has 1 aromatic heterocycles. The Balaban J connectivity index is 2.63. The van der Waals surface area contributed by atoms with Gasteiger partial charge in [0.2, 0.25) is 0 Å². The number of aliphatic carboxylic acids is 1.